The van der Waals surface area contributed by atoms with E-state index in [4.69, 9.17) is 4.74 Å². The molecule has 0 spiro atoms. The molecule has 0 bridgehead atoms. The molecule has 0 fully saturated rings. The minimum absolute atomic E-state index is 0.326. The third kappa shape index (κ3) is 1.10. The predicted octanol–water partition coefficient (Wildman–Crippen LogP) is 0.525. The van der Waals surface area contributed by atoms with E-state index in [0.29, 0.717) is 5.88 Å². The Balaban J connectivity index is 2.62. The van der Waals surface area contributed by atoms with Crippen molar-refractivity contribution in [3.8, 4) is 5.88 Å². The number of aromatic amines is 1. The van der Waals surface area contributed by atoms with Gasteiger partial charge in [0.25, 0.3) is 0 Å². The maximum Gasteiger partial charge on any atom is 0.348 e. The van der Waals surface area contributed by atoms with Crippen LogP contribution in [0.15, 0.2) is 4.79 Å². The highest BCUT2D eigenvalue weighted by Crippen LogP contribution is 2.31. The van der Waals surface area contributed by atoms with Crippen molar-refractivity contribution in [2.24, 2.45) is 0 Å². The number of rotatable bonds is 1. The van der Waals surface area contributed by atoms with Crippen LogP contribution in [-0.4, -0.2) is 17.1 Å². The Labute approximate surface area is 73.4 Å². The van der Waals surface area contributed by atoms with E-state index in [0.717, 1.165) is 22.8 Å². The van der Waals surface area contributed by atoms with Gasteiger partial charge in [0.05, 0.1) is 7.11 Å². The highest BCUT2D eigenvalue weighted by Gasteiger charge is 2.18. The molecule has 2 rings (SSSR count). The van der Waals surface area contributed by atoms with Gasteiger partial charge in [0, 0.05) is 22.8 Å². The van der Waals surface area contributed by atoms with Gasteiger partial charge in [-0.3, -0.25) is 0 Å². The van der Waals surface area contributed by atoms with Crippen molar-refractivity contribution in [2.45, 2.75) is 11.5 Å². The van der Waals surface area contributed by atoms with Crippen LogP contribution >= 0.6 is 11.8 Å². The highest BCUT2D eigenvalue weighted by molar-refractivity contribution is 7.98. The summed E-state index contributed by atoms with van der Waals surface area (Å²) in [4.78, 5) is 17.4. The zero-order valence-electron chi connectivity index (χ0n) is 6.59. The monoisotopic (exact) mass is 184 g/mol. The van der Waals surface area contributed by atoms with Crippen molar-refractivity contribution in [2.75, 3.05) is 7.11 Å². The number of hydrogen-bond donors (Lipinski definition) is 1. The van der Waals surface area contributed by atoms with Gasteiger partial charge >= 0.3 is 5.69 Å². The van der Waals surface area contributed by atoms with Crippen LogP contribution in [0.2, 0.25) is 0 Å². The third-order valence-corrected chi connectivity index (χ3v) is 2.76. The predicted molar refractivity (Wildman–Crippen MR) is 46.4 cm³/mol. The van der Waals surface area contributed by atoms with E-state index in [1.165, 1.54) is 7.11 Å². The summed E-state index contributed by atoms with van der Waals surface area (Å²) in [6, 6.07) is 0. The second-order valence-electron chi connectivity index (χ2n) is 2.50. The first-order valence-corrected chi connectivity index (χ1v) is 4.70. The highest BCUT2D eigenvalue weighted by atomic mass is 32.2. The number of hydrogen-bond acceptors (Lipinski definition) is 4. The Morgan fingerprint density at radius 3 is 3.17 bits per heavy atom. The molecule has 0 aromatic carbocycles. The summed E-state index contributed by atoms with van der Waals surface area (Å²) in [5.41, 5.74) is 1.66. The summed E-state index contributed by atoms with van der Waals surface area (Å²) < 4.78 is 4.99. The zero-order valence-corrected chi connectivity index (χ0v) is 7.40. The minimum Gasteiger partial charge on any atom is -0.481 e. The molecule has 64 valence electrons. The van der Waals surface area contributed by atoms with Crippen LogP contribution in [0.3, 0.4) is 0 Å². The van der Waals surface area contributed by atoms with E-state index in [9.17, 15) is 4.79 Å². The van der Waals surface area contributed by atoms with E-state index in [-0.39, 0.29) is 5.69 Å². The maximum atomic E-state index is 11.0. The second kappa shape index (κ2) is 2.82. The molecule has 4 nitrogen and oxygen atoms in total. The lowest BCUT2D eigenvalue weighted by Crippen LogP contribution is -2.14. The molecule has 1 N–H and O–H groups in total. The van der Waals surface area contributed by atoms with Gasteiger partial charge in [0.15, 0.2) is 0 Å². The Morgan fingerprint density at radius 2 is 2.42 bits per heavy atom. The topological polar surface area (TPSA) is 55.0 Å². The molecular weight excluding hydrogens is 176 g/mol. The molecule has 0 atom stereocenters. The molecule has 0 saturated heterocycles. The van der Waals surface area contributed by atoms with Crippen molar-refractivity contribution in [1.82, 2.24) is 9.97 Å². The van der Waals surface area contributed by atoms with Gasteiger partial charge in [0.2, 0.25) is 5.88 Å². The standard InChI is InChI=1S/C7H8N2O2S/c1-11-6-4-2-12-3-5(4)8-7(10)9-6/h2-3H2,1H3,(H,8,9,10). The Kier molecular flexibility index (Phi) is 1.80. The molecule has 0 unspecified atom stereocenters. The van der Waals surface area contributed by atoms with Crippen LogP contribution in [0.25, 0.3) is 0 Å². The fraction of sp³-hybridized carbons (Fsp3) is 0.429. The van der Waals surface area contributed by atoms with Crippen LogP contribution in [0.4, 0.5) is 0 Å². The Morgan fingerprint density at radius 1 is 1.58 bits per heavy atom. The molecule has 5 heteroatoms. The number of ether oxygens (including phenoxy) is 1. The van der Waals surface area contributed by atoms with Crippen molar-refractivity contribution >= 4 is 11.8 Å². The largest absolute Gasteiger partial charge is 0.481 e. The lowest BCUT2D eigenvalue weighted by Gasteiger charge is -2.02. The van der Waals surface area contributed by atoms with Gasteiger partial charge < -0.3 is 9.72 Å². The fourth-order valence-electron chi connectivity index (χ4n) is 1.22. The number of nitrogens with zero attached hydrogens (tertiary/aromatic N) is 1. The van der Waals surface area contributed by atoms with Crippen molar-refractivity contribution in [3.63, 3.8) is 0 Å². The van der Waals surface area contributed by atoms with E-state index in [1.54, 1.807) is 11.8 Å². The van der Waals surface area contributed by atoms with E-state index >= 15 is 0 Å². The van der Waals surface area contributed by atoms with E-state index < -0.39 is 0 Å². The number of methoxy groups -OCH3 is 1. The molecule has 12 heavy (non-hydrogen) atoms. The normalized spacial score (nSPS) is 14.4. The molecular formula is C7H8N2O2S. The van der Waals surface area contributed by atoms with Gasteiger partial charge in [-0.05, 0) is 0 Å². The quantitative estimate of drug-likeness (QED) is 0.691. The summed E-state index contributed by atoms with van der Waals surface area (Å²) in [5, 5.41) is 0. The van der Waals surface area contributed by atoms with E-state index in [2.05, 4.69) is 9.97 Å². The summed E-state index contributed by atoms with van der Waals surface area (Å²) in [6.07, 6.45) is 0. The van der Waals surface area contributed by atoms with Gasteiger partial charge in [-0.25, -0.2) is 4.79 Å². The lowest BCUT2D eigenvalue weighted by molar-refractivity contribution is 0.391. The van der Waals surface area contributed by atoms with Crippen molar-refractivity contribution in [1.29, 1.82) is 0 Å². The molecule has 0 saturated carbocycles. The average molecular weight is 184 g/mol. The summed E-state index contributed by atoms with van der Waals surface area (Å²) in [6.45, 7) is 0. The van der Waals surface area contributed by atoms with Gasteiger partial charge in [0.1, 0.15) is 0 Å². The number of fused-ring (bicyclic) bond motifs is 1. The van der Waals surface area contributed by atoms with Crippen molar-refractivity contribution in [3.05, 3.63) is 21.7 Å². The Hall–Kier alpha value is -0.970. The lowest BCUT2D eigenvalue weighted by atomic mass is 10.3. The molecule has 0 radical (unpaired) electrons. The summed E-state index contributed by atoms with van der Waals surface area (Å²) in [7, 11) is 1.53. The number of H-pyrrole nitrogens is 1. The smallest absolute Gasteiger partial charge is 0.348 e. The fourth-order valence-corrected chi connectivity index (χ4v) is 2.27. The molecule has 1 aliphatic rings. The number of aromatic nitrogens is 2. The molecule has 1 aromatic heterocycles. The first-order valence-electron chi connectivity index (χ1n) is 3.55. The molecule has 1 aromatic rings. The Bertz CT molecular complexity index is 361. The third-order valence-electron chi connectivity index (χ3n) is 1.77. The maximum absolute atomic E-state index is 11.0. The average Bonchev–Trinajstić information content (AvgIpc) is 2.50. The minimum atomic E-state index is -0.326. The first kappa shape index (κ1) is 7.67. The van der Waals surface area contributed by atoms with Crippen LogP contribution in [0.5, 0.6) is 5.88 Å². The molecule has 0 amide bonds. The van der Waals surface area contributed by atoms with Crippen LogP contribution in [0, 0.1) is 0 Å². The summed E-state index contributed by atoms with van der Waals surface area (Å²) in [5.74, 6) is 2.20. The van der Waals surface area contributed by atoms with Crippen LogP contribution < -0.4 is 10.4 Å². The SMILES string of the molecule is COc1nc(=O)[nH]c2c1CSC2. The first-order chi connectivity index (χ1) is 5.81. The second-order valence-corrected chi connectivity index (χ2v) is 3.49. The molecule has 0 aliphatic carbocycles. The molecule has 1 aliphatic heterocycles. The number of nitrogens with one attached hydrogen (secondary N) is 1. The van der Waals surface area contributed by atoms with Crippen LogP contribution in [-0.2, 0) is 11.5 Å². The van der Waals surface area contributed by atoms with Gasteiger partial charge in [-0.1, -0.05) is 0 Å². The van der Waals surface area contributed by atoms with Crippen molar-refractivity contribution < 1.29 is 4.74 Å². The zero-order chi connectivity index (χ0) is 8.55. The van der Waals surface area contributed by atoms with Gasteiger partial charge in [-0.2, -0.15) is 16.7 Å². The van der Waals surface area contributed by atoms with Crippen LogP contribution in [0.1, 0.15) is 11.3 Å². The van der Waals surface area contributed by atoms with E-state index in [1.807, 2.05) is 0 Å². The molecule has 2 heterocycles. The van der Waals surface area contributed by atoms with Gasteiger partial charge in [-0.15, -0.1) is 0 Å². The summed E-state index contributed by atoms with van der Waals surface area (Å²) >= 11 is 1.75. The number of thioether (sulfide) groups is 1.